The molecule has 0 bridgehead atoms. The molecule has 1 atom stereocenters. The average molecular weight is 823 g/mol. The first-order valence-electron chi connectivity index (χ1n) is 7.33. The van der Waals surface area contributed by atoms with Crippen molar-refractivity contribution in [2.75, 3.05) is 32.0 Å². The van der Waals surface area contributed by atoms with Gasteiger partial charge < -0.3 is 9.79 Å². The van der Waals surface area contributed by atoms with Crippen LogP contribution in [0.2, 0.25) is 0 Å². The fourth-order valence-electron chi connectivity index (χ4n) is 2.30. The van der Waals surface area contributed by atoms with Gasteiger partial charge in [-0.25, -0.2) is 4.57 Å². The number of halogens is 8. The molecule has 0 radical (unpaired) electrons. The van der Waals surface area contributed by atoms with E-state index >= 15 is 0 Å². The second kappa shape index (κ2) is 13.2. The maximum Gasteiger partial charge on any atom is 0.469 e. The van der Waals surface area contributed by atoms with Gasteiger partial charge in [-0.15, -0.1) is 23.2 Å². The molecule has 0 saturated heterocycles. The lowest BCUT2D eigenvalue weighted by atomic mass is 9.84. The highest BCUT2D eigenvalue weighted by molar-refractivity contribution is 9.10. The van der Waals surface area contributed by atoms with Crippen LogP contribution in [0.25, 0.3) is 0 Å². The fraction of sp³-hybridized carbons (Fsp3) is 1.00. The Kier molecular flexibility index (Phi) is 15.0. The van der Waals surface area contributed by atoms with Crippen molar-refractivity contribution in [3.63, 3.8) is 0 Å². The van der Waals surface area contributed by atoms with Gasteiger partial charge in [-0.2, -0.15) is 0 Å². The molecule has 0 heterocycles. The molecular formula is C13H21Br6Cl2O4P. The lowest BCUT2D eigenvalue weighted by Gasteiger charge is -2.38. The highest BCUT2D eigenvalue weighted by atomic mass is 79.9. The van der Waals surface area contributed by atoms with E-state index in [1.165, 1.54) is 0 Å². The van der Waals surface area contributed by atoms with E-state index in [0.29, 0.717) is 44.8 Å². The molecule has 0 aromatic heterocycles. The molecular weight excluding hydrogens is 801 g/mol. The Morgan fingerprint density at radius 3 is 1.50 bits per heavy atom. The Bertz CT molecular complexity index is 443. The number of phosphoric ester groups is 1. The first-order valence-corrected chi connectivity index (χ1v) is 16.3. The van der Waals surface area contributed by atoms with Gasteiger partial charge in [0.05, 0.1) is 6.10 Å². The summed E-state index contributed by atoms with van der Waals surface area (Å²) in [4.78, 5) is 18.6. The molecule has 0 saturated carbocycles. The van der Waals surface area contributed by atoms with E-state index in [4.69, 9.17) is 27.7 Å². The van der Waals surface area contributed by atoms with E-state index in [1.54, 1.807) is 0 Å². The molecule has 0 aliphatic carbocycles. The lowest BCUT2D eigenvalue weighted by molar-refractivity contribution is 0.0912. The summed E-state index contributed by atoms with van der Waals surface area (Å²) in [6.45, 7) is 0. The molecule has 0 spiro atoms. The molecule has 0 aromatic carbocycles. The van der Waals surface area contributed by atoms with Crippen LogP contribution in [0.1, 0.15) is 19.3 Å². The van der Waals surface area contributed by atoms with Crippen molar-refractivity contribution >= 4 is 127 Å². The molecule has 4 nitrogen and oxygen atoms in total. The normalized spacial score (nSPS) is 15.3. The third kappa shape index (κ3) is 10.7. The predicted molar refractivity (Wildman–Crippen MR) is 133 cm³/mol. The Morgan fingerprint density at radius 1 is 0.808 bits per heavy atom. The molecule has 0 aromatic rings. The van der Waals surface area contributed by atoms with Gasteiger partial charge in [0.25, 0.3) is 0 Å². The summed E-state index contributed by atoms with van der Waals surface area (Å²) in [6.07, 6.45) is 0.0584. The summed E-state index contributed by atoms with van der Waals surface area (Å²) >= 11 is 34.0. The molecule has 0 fully saturated rings. The zero-order valence-electron chi connectivity index (χ0n) is 13.6. The summed E-state index contributed by atoms with van der Waals surface area (Å²) in [5.41, 5.74) is -0.547. The molecule has 0 amide bonds. The standard InChI is InChI=1S/C13H21Br6Cl2O4P/c14-4-11(5-15,6-16)1-10(25-26(22,23)24)2-13(20,21)3-12(7-17,8-18)9-19/h10H,1-9H2,(H2,22,23,24). The molecule has 0 aliphatic rings. The van der Waals surface area contributed by atoms with E-state index in [2.05, 4.69) is 95.6 Å². The molecule has 26 heavy (non-hydrogen) atoms. The highest BCUT2D eigenvalue weighted by Gasteiger charge is 2.42. The third-order valence-corrected chi connectivity index (χ3v) is 12.1. The van der Waals surface area contributed by atoms with E-state index < -0.39 is 18.3 Å². The van der Waals surface area contributed by atoms with Gasteiger partial charge in [0.15, 0.2) is 0 Å². The van der Waals surface area contributed by atoms with Crippen LogP contribution < -0.4 is 0 Å². The number of hydrogen-bond donors (Lipinski definition) is 2. The molecule has 13 heteroatoms. The Hall–Kier alpha value is 3.57. The first kappa shape index (κ1) is 29.6. The smallest absolute Gasteiger partial charge is 0.303 e. The second-order valence-corrected chi connectivity index (χ2v) is 12.7. The van der Waals surface area contributed by atoms with Crippen LogP contribution in [0.5, 0.6) is 0 Å². The van der Waals surface area contributed by atoms with Crippen LogP contribution >= 0.6 is 127 Å². The third-order valence-electron chi connectivity index (χ3n) is 3.81. The van der Waals surface area contributed by atoms with Crippen LogP contribution in [0.3, 0.4) is 0 Å². The molecule has 2 N–H and O–H groups in total. The molecule has 1 unspecified atom stereocenters. The minimum atomic E-state index is -4.69. The molecule has 0 aliphatic heterocycles. The second-order valence-electron chi connectivity index (χ2n) is 6.46. The van der Waals surface area contributed by atoms with Crippen LogP contribution in [0.4, 0.5) is 0 Å². The minimum absolute atomic E-state index is 0.0880. The van der Waals surface area contributed by atoms with E-state index in [-0.39, 0.29) is 17.3 Å². The van der Waals surface area contributed by atoms with Gasteiger partial charge in [0.1, 0.15) is 4.33 Å². The summed E-state index contributed by atoms with van der Waals surface area (Å²) in [6, 6.07) is 0. The van der Waals surface area contributed by atoms with Gasteiger partial charge in [0.2, 0.25) is 0 Å². The molecule has 0 rings (SSSR count). The fourth-order valence-corrected chi connectivity index (χ4v) is 10.6. The van der Waals surface area contributed by atoms with Crippen molar-refractivity contribution < 1.29 is 18.9 Å². The zero-order chi connectivity index (χ0) is 20.6. The topological polar surface area (TPSA) is 66.8 Å². The largest absolute Gasteiger partial charge is 0.469 e. The van der Waals surface area contributed by atoms with Crippen molar-refractivity contribution in [3.05, 3.63) is 0 Å². The van der Waals surface area contributed by atoms with Gasteiger partial charge in [0, 0.05) is 49.2 Å². The number of alkyl halides is 8. The summed E-state index contributed by atoms with van der Waals surface area (Å²) in [5.74, 6) is 0. The van der Waals surface area contributed by atoms with E-state index in [9.17, 15) is 14.4 Å². The minimum Gasteiger partial charge on any atom is -0.303 e. The van der Waals surface area contributed by atoms with Gasteiger partial charge in [-0.05, 0) is 12.8 Å². The summed E-state index contributed by atoms with van der Waals surface area (Å²) in [7, 11) is -4.69. The van der Waals surface area contributed by atoms with Crippen LogP contribution in [-0.4, -0.2) is 52.2 Å². The monoisotopic (exact) mass is 816 g/mol. The Balaban J connectivity index is 5.48. The Morgan fingerprint density at radius 2 is 1.19 bits per heavy atom. The quantitative estimate of drug-likeness (QED) is 0.145. The Labute approximate surface area is 215 Å². The van der Waals surface area contributed by atoms with Crippen LogP contribution in [0, 0.1) is 10.8 Å². The van der Waals surface area contributed by atoms with E-state index in [1.807, 2.05) is 0 Å². The van der Waals surface area contributed by atoms with Gasteiger partial charge in [-0.3, -0.25) is 4.52 Å². The van der Waals surface area contributed by atoms with Crippen molar-refractivity contribution in [2.24, 2.45) is 10.8 Å². The van der Waals surface area contributed by atoms with Crippen LogP contribution in [-0.2, 0) is 9.09 Å². The first-order chi connectivity index (χ1) is 11.9. The number of rotatable bonds is 14. The highest BCUT2D eigenvalue weighted by Crippen LogP contribution is 2.48. The SMILES string of the molecule is O=P(O)(O)OC(CC(Cl)(Cl)CC(CBr)(CBr)CBr)CC(CBr)(CBr)CBr. The van der Waals surface area contributed by atoms with Crippen molar-refractivity contribution in [1.82, 2.24) is 0 Å². The van der Waals surface area contributed by atoms with Gasteiger partial charge >= 0.3 is 7.82 Å². The zero-order valence-corrected chi connectivity index (χ0v) is 25.5. The lowest BCUT2D eigenvalue weighted by Crippen LogP contribution is -2.39. The summed E-state index contributed by atoms with van der Waals surface area (Å²) in [5, 5.41) is 3.83. The van der Waals surface area contributed by atoms with Crippen LogP contribution in [0.15, 0.2) is 0 Å². The van der Waals surface area contributed by atoms with Crippen molar-refractivity contribution in [3.8, 4) is 0 Å². The predicted octanol–water partition coefficient (Wildman–Crippen LogP) is 7.15. The summed E-state index contributed by atoms with van der Waals surface area (Å²) < 4.78 is 15.3. The van der Waals surface area contributed by atoms with Gasteiger partial charge in [-0.1, -0.05) is 95.6 Å². The van der Waals surface area contributed by atoms with Crippen molar-refractivity contribution in [1.29, 1.82) is 0 Å². The number of hydrogen-bond acceptors (Lipinski definition) is 2. The number of phosphoric acid groups is 1. The van der Waals surface area contributed by atoms with Crippen molar-refractivity contribution in [2.45, 2.75) is 29.7 Å². The molecule has 158 valence electrons. The maximum atomic E-state index is 11.5. The maximum absolute atomic E-state index is 11.5. The van der Waals surface area contributed by atoms with E-state index in [0.717, 1.165) is 0 Å². The average Bonchev–Trinajstić information content (AvgIpc) is 2.56.